The zero-order valence-electron chi connectivity index (χ0n) is 12.3. The molecule has 0 saturated carbocycles. The van der Waals surface area contributed by atoms with E-state index in [2.05, 4.69) is 6.07 Å². The molecule has 0 fully saturated rings. The number of nitriles is 1. The van der Waals surface area contributed by atoms with Crippen LogP contribution < -0.4 is 0 Å². The maximum Gasteiger partial charge on any atom is 0.0997 e. The first-order valence-corrected chi connectivity index (χ1v) is 7.12. The van der Waals surface area contributed by atoms with Crippen molar-refractivity contribution in [1.82, 2.24) is 0 Å². The zero-order chi connectivity index (χ0) is 15.5. The fourth-order valence-electron chi connectivity index (χ4n) is 1.88. The van der Waals surface area contributed by atoms with Gasteiger partial charge in [0.2, 0.25) is 0 Å². The highest BCUT2D eigenvalue weighted by Crippen LogP contribution is 2.12. The summed E-state index contributed by atoms with van der Waals surface area (Å²) >= 11 is 0. The highest BCUT2D eigenvalue weighted by atomic mass is 14.2. The molecule has 0 spiro atoms. The van der Waals surface area contributed by atoms with Crippen LogP contribution in [0, 0.1) is 11.3 Å². The van der Waals surface area contributed by atoms with Gasteiger partial charge < -0.3 is 0 Å². The highest BCUT2D eigenvalue weighted by Gasteiger charge is 1.95. The van der Waals surface area contributed by atoms with Crippen molar-refractivity contribution in [3.8, 4) is 6.07 Å². The van der Waals surface area contributed by atoms with Crippen LogP contribution in [0.5, 0.6) is 0 Å². The molecule has 0 unspecified atom stereocenters. The minimum Gasteiger partial charge on any atom is -0.192 e. The summed E-state index contributed by atoms with van der Waals surface area (Å²) in [5, 5.41) is 8.93. The van der Waals surface area contributed by atoms with E-state index in [1.54, 1.807) is 0 Å². The Morgan fingerprint density at radius 1 is 0.591 bits per heavy atom. The van der Waals surface area contributed by atoms with E-state index in [1.165, 1.54) is 0 Å². The molecule has 3 rings (SSSR count). The minimum absolute atomic E-state index is 0.703. The third kappa shape index (κ3) is 5.11. The summed E-state index contributed by atoms with van der Waals surface area (Å²) in [6, 6.07) is 31.8. The van der Waals surface area contributed by atoms with Gasteiger partial charge in [-0.3, -0.25) is 0 Å². The second kappa shape index (κ2) is 8.94. The smallest absolute Gasteiger partial charge is 0.0997 e. The Kier molecular flexibility index (Phi) is 6.21. The van der Waals surface area contributed by atoms with Crippen LogP contribution in [-0.2, 0) is 0 Å². The van der Waals surface area contributed by atoms with E-state index < -0.39 is 0 Å². The number of hydrogen-bond donors (Lipinski definition) is 0. The minimum atomic E-state index is 0.703. The van der Waals surface area contributed by atoms with Crippen molar-refractivity contribution in [2.45, 2.75) is 0 Å². The van der Waals surface area contributed by atoms with Crippen LogP contribution in [0.15, 0.2) is 91.0 Å². The molecular weight excluding hydrogens is 266 g/mol. The van der Waals surface area contributed by atoms with Gasteiger partial charge in [-0.2, -0.15) is 5.26 Å². The van der Waals surface area contributed by atoms with Gasteiger partial charge in [0.05, 0.1) is 11.6 Å². The van der Waals surface area contributed by atoms with Gasteiger partial charge >= 0.3 is 0 Å². The van der Waals surface area contributed by atoms with Gasteiger partial charge in [-0.1, -0.05) is 97.1 Å². The molecule has 0 aliphatic rings. The molecule has 3 aromatic rings. The van der Waals surface area contributed by atoms with Crippen molar-refractivity contribution < 1.29 is 0 Å². The van der Waals surface area contributed by atoms with Crippen molar-refractivity contribution >= 4 is 12.2 Å². The van der Waals surface area contributed by atoms with E-state index >= 15 is 0 Å². The molecule has 0 aliphatic heterocycles. The van der Waals surface area contributed by atoms with Gasteiger partial charge in [0.15, 0.2) is 0 Å². The van der Waals surface area contributed by atoms with Crippen molar-refractivity contribution in [1.29, 1.82) is 5.26 Å². The molecule has 0 aromatic heterocycles. The molecule has 0 N–H and O–H groups in total. The number of nitrogens with zero attached hydrogens (tertiary/aromatic N) is 1. The van der Waals surface area contributed by atoms with Crippen LogP contribution in [0.2, 0.25) is 0 Å². The predicted molar refractivity (Wildman–Crippen MR) is 93.0 cm³/mol. The molecule has 3 aromatic carbocycles. The fourth-order valence-corrected chi connectivity index (χ4v) is 1.88. The largest absolute Gasteiger partial charge is 0.192 e. The van der Waals surface area contributed by atoms with Crippen LogP contribution in [0.4, 0.5) is 0 Å². The molecule has 0 radical (unpaired) electrons. The predicted octanol–water partition coefficient (Wildman–Crippen LogP) is 5.42. The zero-order valence-corrected chi connectivity index (χ0v) is 12.3. The van der Waals surface area contributed by atoms with Crippen LogP contribution in [0.25, 0.3) is 12.2 Å². The Bertz CT molecular complexity index is 711. The van der Waals surface area contributed by atoms with Crippen LogP contribution in [0.1, 0.15) is 16.7 Å². The van der Waals surface area contributed by atoms with E-state index in [0.717, 1.165) is 11.1 Å². The van der Waals surface area contributed by atoms with Gasteiger partial charge in [0, 0.05) is 0 Å². The maximum absolute atomic E-state index is 8.93. The molecule has 22 heavy (non-hydrogen) atoms. The van der Waals surface area contributed by atoms with Crippen LogP contribution in [0.3, 0.4) is 0 Å². The van der Waals surface area contributed by atoms with E-state index in [9.17, 15) is 0 Å². The monoisotopic (exact) mass is 283 g/mol. The Balaban J connectivity index is 0.000000246. The lowest BCUT2D eigenvalue weighted by atomic mass is 10.1. The van der Waals surface area contributed by atoms with Gasteiger partial charge in [0.25, 0.3) is 0 Å². The third-order valence-corrected chi connectivity index (χ3v) is 3.00. The first-order chi connectivity index (χ1) is 10.9. The van der Waals surface area contributed by atoms with Crippen LogP contribution >= 0.6 is 0 Å². The van der Waals surface area contributed by atoms with Gasteiger partial charge in [0.1, 0.15) is 0 Å². The lowest BCUT2D eigenvalue weighted by Gasteiger charge is -1.96. The molecule has 0 atom stereocenters. The van der Waals surface area contributed by atoms with E-state index in [-0.39, 0.29) is 0 Å². The molecule has 0 bridgehead atoms. The Hall–Kier alpha value is -3.11. The second-order valence-corrected chi connectivity index (χ2v) is 4.60. The first kappa shape index (κ1) is 15.3. The maximum atomic E-state index is 8.93. The summed E-state index contributed by atoms with van der Waals surface area (Å²) in [5.41, 5.74) is 2.79. The van der Waals surface area contributed by atoms with E-state index in [4.69, 9.17) is 5.26 Å². The summed E-state index contributed by atoms with van der Waals surface area (Å²) in [5.74, 6) is 0. The molecular formula is C21H17N. The van der Waals surface area contributed by atoms with Crippen molar-refractivity contribution in [3.05, 3.63) is 108 Å². The third-order valence-electron chi connectivity index (χ3n) is 3.00. The summed E-state index contributed by atoms with van der Waals surface area (Å²) in [7, 11) is 0. The SMILES string of the molecule is N#Cc1ccccc1C=Cc1ccccc1.c1ccccc1. The molecule has 0 saturated heterocycles. The average molecular weight is 283 g/mol. The van der Waals surface area contributed by atoms with Crippen molar-refractivity contribution in [2.24, 2.45) is 0 Å². The van der Waals surface area contributed by atoms with Gasteiger partial charge in [-0.15, -0.1) is 0 Å². The average Bonchev–Trinajstić information content (AvgIpc) is 2.63. The van der Waals surface area contributed by atoms with Gasteiger partial charge in [-0.25, -0.2) is 0 Å². The number of benzene rings is 3. The lowest BCUT2D eigenvalue weighted by Crippen LogP contribution is -1.79. The molecule has 0 aliphatic carbocycles. The molecule has 1 nitrogen and oxygen atoms in total. The standard InChI is InChI=1S/C15H11N.C6H6/c16-12-15-9-5-4-8-14(15)11-10-13-6-2-1-3-7-13;1-2-4-6-5-3-1/h1-11H;1-6H. The van der Waals surface area contributed by atoms with E-state index in [0.29, 0.717) is 5.56 Å². The van der Waals surface area contributed by atoms with Crippen LogP contribution in [-0.4, -0.2) is 0 Å². The van der Waals surface area contributed by atoms with E-state index in [1.807, 2.05) is 103 Å². The summed E-state index contributed by atoms with van der Waals surface area (Å²) < 4.78 is 0. The van der Waals surface area contributed by atoms with Crippen molar-refractivity contribution in [2.75, 3.05) is 0 Å². The Labute approximate surface area is 131 Å². The second-order valence-electron chi connectivity index (χ2n) is 4.60. The quantitative estimate of drug-likeness (QED) is 0.576. The number of rotatable bonds is 2. The summed E-state index contributed by atoms with van der Waals surface area (Å²) in [6.07, 6.45) is 3.98. The molecule has 0 amide bonds. The fraction of sp³-hybridized carbons (Fsp3) is 0. The molecule has 0 heterocycles. The first-order valence-electron chi connectivity index (χ1n) is 7.12. The molecule has 106 valence electrons. The topological polar surface area (TPSA) is 23.8 Å². The summed E-state index contributed by atoms with van der Waals surface area (Å²) in [6.45, 7) is 0. The van der Waals surface area contributed by atoms with Crippen molar-refractivity contribution in [3.63, 3.8) is 0 Å². The van der Waals surface area contributed by atoms with Gasteiger partial charge in [-0.05, 0) is 17.2 Å². The highest BCUT2D eigenvalue weighted by molar-refractivity contribution is 5.72. The normalized spacial score (nSPS) is 9.59. The Morgan fingerprint density at radius 3 is 1.68 bits per heavy atom. The lowest BCUT2D eigenvalue weighted by molar-refractivity contribution is 1.47. The number of hydrogen-bond acceptors (Lipinski definition) is 1. The summed E-state index contributed by atoms with van der Waals surface area (Å²) in [4.78, 5) is 0. The Morgan fingerprint density at radius 2 is 1.09 bits per heavy atom. The molecule has 1 heteroatoms.